The molecule has 0 unspecified atom stereocenters. The van der Waals surface area contributed by atoms with Crippen molar-refractivity contribution in [3.63, 3.8) is 0 Å². The fraction of sp³-hybridized carbons (Fsp3) is 0.115. The molecule has 0 saturated heterocycles. The maximum atomic E-state index is 9.61. The summed E-state index contributed by atoms with van der Waals surface area (Å²) in [6.07, 6.45) is 1.08. The van der Waals surface area contributed by atoms with Gasteiger partial charge in [0, 0.05) is 21.8 Å². The molecule has 0 atom stereocenters. The molecule has 0 spiro atoms. The monoisotopic (exact) mass is 728 g/mol. The van der Waals surface area contributed by atoms with Crippen molar-refractivity contribution in [3.05, 3.63) is 180 Å². The van der Waals surface area contributed by atoms with Gasteiger partial charge in [0.1, 0.15) is 23.1 Å². The minimum Gasteiger partial charge on any atom is -0.452 e. The SMILES string of the molecule is [2H]c1c([2H])c(-c2ccc3oc4c(-c5c([2H])c([2H])c([2H])c(-c6c([2H])c([2H])c7c(c6[2H])C(C)(C)c6c([2H])c([2H])c([2H])c([2H])c6-7)c5[2H])ncnc4c3c2)c([2H])c(-c2c([2H])c([2H])c3c(c2[2H])C(C)(C)c2c([2H])c([2H])c([2H])c([2H])c2-3)c1[2H]. The Balaban J connectivity index is 1.09. The number of hydrogen-bond donors (Lipinski definition) is 0. The van der Waals surface area contributed by atoms with Gasteiger partial charge < -0.3 is 4.42 Å². The van der Waals surface area contributed by atoms with Gasteiger partial charge in [-0.25, -0.2) is 9.97 Å². The van der Waals surface area contributed by atoms with Crippen LogP contribution in [0.4, 0.5) is 0 Å². The Morgan fingerprint density at radius 2 is 0.982 bits per heavy atom. The van der Waals surface area contributed by atoms with Crippen LogP contribution in [0.2, 0.25) is 0 Å². The molecule has 2 aliphatic carbocycles. The molecule has 0 radical (unpaired) electrons. The van der Waals surface area contributed by atoms with Crippen molar-refractivity contribution in [2.75, 3.05) is 0 Å². The second-order valence-corrected chi connectivity index (χ2v) is 14.5. The van der Waals surface area contributed by atoms with Gasteiger partial charge in [0.25, 0.3) is 0 Å². The lowest BCUT2D eigenvalue weighted by Crippen LogP contribution is -2.14. The van der Waals surface area contributed by atoms with E-state index in [4.69, 9.17) is 23.6 Å². The van der Waals surface area contributed by atoms with E-state index < -0.39 is 154 Å². The molecular formula is C52H38N2O. The lowest BCUT2D eigenvalue weighted by molar-refractivity contribution is 0.660. The molecule has 0 amide bonds. The number of fused-ring (bicyclic) bond motifs is 9. The second-order valence-electron chi connectivity index (χ2n) is 14.5. The number of aromatic nitrogens is 2. The van der Waals surface area contributed by atoms with Gasteiger partial charge in [-0.15, -0.1) is 0 Å². The minimum atomic E-state index is -1.35. The minimum absolute atomic E-state index is 0.0280. The molecule has 55 heavy (non-hydrogen) atoms. The summed E-state index contributed by atoms with van der Waals surface area (Å²) in [6.45, 7) is 6.44. The normalized spacial score (nSPS) is 20.1. The summed E-state index contributed by atoms with van der Waals surface area (Å²) >= 11 is 0. The summed E-state index contributed by atoms with van der Waals surface area (Å²) in [4.78, 5) is 8.82. The van der Waals surface area contributed by atoms with E-state index in [9.17, 15) is 11.0 Å². The average molecular weight is 729 g/mol. The largest absolute Gasteiger partial charge is 0.452 e. The third kappa shape index (κ3) is 4.69. The third-order valence-corrected chi connectivity index (χ3v) is 10.5. The molecule has 3 nitrogen and oxygen atoms in total. The molecule has 0 fully saturated rings. The van der Waals surface area contributed by atoms with E-state index >= 15 is 0 Å². The quantitative estimate of drug-likeness (QED) is 0.181. The Morgan fingerprint density at radius 3 is 1.60 bits per heavy atom. The molecule has 3 heteroatoms. The highest BCUT2D eigenvalue weighted by Gasteiger charge is 2.36. The Hall–Kier alpha value is -6.58. The van der Waals surface area contributed by atoms with Crippen molar-refractivity contribution in [1.29, 1.82) is 0 Å². The van der Waals surface area contributed by atoms with Crippen LogP contribution in [-0.4, -0.2) is 9.97 Å². The molecule has 9 aromatic rings. The third-order valence-electron chi connectivity index (χ3n) is 10.5. The topological polar surface area (TPSA) is 38.9 Å². The Labute approximate surface area is 351 Å². The Morgan fingerprint density at radius 1 is 0.473 bits per heavy atom. The molecular weight excluding hydrogens is 669 g/mol. The fourth-order valence-electron chi connectivity index (χ4n) is 7.67. The van der Waals surface area contributed by atoms with Gasteiger partial charge in [-0.2, -0.15) is 0 Å². The van der Waals surface area contributed by atoms with Crippen LogP contribution in [0, 0.1) is 0 Å². The zero-order valence-corrected chi connectivity index (χ0v) is 29.6. The van der Waals surface area contributed by atoms with Crippen molar-refractivity contribution in [3.8, 4) is 66.9 Å². The van der Waals surface area contributed by atoms with Gasteiger partial charge >= 0.3 is 0 Å². The lowest BCUT2D eigenvalue weighted by Gasteiger charge is -2.22. The highest BCUT2D eigenvalue weighted by Crippen LogP contribution is 2.51. The van der Waals surface area contributed by atoms with Crippen LogP contribution in [0.3, 0.4) is 0 Å². The Bertz CT molecular complexity index is 4310. The molecule has 0 bridgehead atoms. The van der Waals surface area contributed by atoms with Crippen molar-refractivity contribution in [1.82, 2.24) is 9.97 Å². The predicted molar refractivity (Wildman–Crippen MR) is 226 cm³/mol. The molecule has 0 aliphatic heterocycles. The summed E-state index contributed by atoms with van der Waals surface area (Å²) in [7, 11) is 0. The van der Waals surface area contributed by atoms with Crippen molar-refractivity contribution in [2.45, 2.75) is 38.5 Å². The van der Waals surface area contributed by atoms with Crippen LogP contribution in [0.5, 0.6) is 0 Å². The van der Waals surface area contributed by atoms with Crippen LogP contribution >= 0.6 is 0 Å². The molecule has 0 N–H and O–H groups in total. The number of rotatable bonds is 4. The van der Waals surface area contributed by atoms with Crippen LogP contribution in [0.15, 0.2) is 162 Å². The van der Waals surface area contributed by atoms with Crippen LogP contribution in [0.25, 0.3) is 89.0 Å². The first kappa shape index (κ1) is 16.8. The van der Waals surface area contributed by atoms with Crippen LogP contribution in [0.1, 0.15) is 80.1 Å². The van der Waals surface area contributed by atoms with E-state index in [1.54, 1.807) is 27.7 Å². The number of hydrogen-bond acceptors (Lipinski definition) is 3. The smallest absolute Gasteiger partial charge is 0.180 e. The highest BCUT2D eigenvalue weighted by atomic mass is 16.3. The molecule has 11 rings (SSSR count). The van der Waals surface area contributed by atoms with Gasteiger partial charge in [0.2, 0.25) is 0 Å². The first-order valence-electron chi connectivity index (χ1n) is 28.4. The molecule has 2 heterocycles. The first-order valence-corrected chi connectivity index (χ1v) is 17.4. The fourth-order valence-corrected chi connectivity index (χ4v) is 7.67. The van der Waals surface area contributed by atoms with Crippen molar-refractivity contribution < 1.29 is 34.6 Å². The van der Waals surface area contributed by atoms with Gasteiger partial charge in [-0.3, -0.25) is 0 Å². The molecule has 2 aliphatic rings. The first-order chi connectivity index (χ1) is 36.0. The highest BCUT2D eigenvalue weighted by molar-refractivity contribution is 6.07. The molecule has 262 valence electrons. The standard InChI is InChI=1S/C52H38N2O/c1-51(2)43-17-7-5-15-38(43)40-22-19-35(28-45(40)51)32-12-9-11-31(25-32)34-21-24-47-42(27-34)49-50(55-47)48(53-30-54-49)37-14-10-13-33(26-37)36-20-23-41-39-16-6-8-18-44(39)52(3,4)46(41)29-36/h5-30H,1-4H3/i5D,6D,7D,8D,9D,10D,11D,12D,13D,14D,15D,16D,17D,18D,19D,20D,22D,23D,25D,26D,28D,29D. The average Bonchev–Trinajstić information content (AvgIpc) is 4.09. The van der Waals surface area contributed by atoms with Crippen molar-refractivity contribution in [2.24, 2.45) is 0 Å². The summed E-state index contributed by atoms with van der Waals surface area (Å²) in [5.41, 5.74) is -4.90. The van der Waals surface area contributed by atoms with E-state index in [2.05, 4.69) is 9.97 Å². The molecule has 7 aromatic carbocycles. The lowest BCUT2D eigenvalue weighted by atomic mass is 9.81. The van der Waals surface area contributed by atoms with E-state index in [-0.39, 0.29) is 101 Å². The Kier molecular flexibility index (Phi) is 3.51. The number of furan rings is 1. The molecule has 2 aromatic heterocycles. The zero-order valence-electron chi connectivity index (χ0n) is 51.6. The van der Waals surface area contributed by atoms with E-state index in [0.717, 1.165) is 6.33 Å². The zero-order chi connectivity index (χ0) is 56.2. The second kappa shape index (κ2) is 11.5. The van der Waals surface area contributed by atoms with E-state index in [1.807, 2.05) is 0 Å². The predicted octanol–water partition coefficient (Wildman–Crippen LogP) is 13.7. The number of benzene rings is 7. The van der Waals surface area contributed by atoms with Gasteiger partial charge in [-0.1, -0.05) is 143 Å². The number of nitrogens with zero attached hydrogens (tertiary/aromatic N) is 2. The van der Waals surface area contributed by atoms with Gasteiger partial charge in [0.05, 0.1) is 30.2 Å². The van der Waals surface area contributed by atoms with E-state index in [1.165, 1.54) is 18.2 Å². The summed E-state index contributed by atoms with van der Waals surface area (Å²) in [5, 5.41) is 0.215. The van der Waals surface area contributed by atoms with Gasteiger partial charge in [-0.05, 0) is 114 Å². The maximum absolute atomic E-state index is 9.61. The maximum Gasteiger partial charge on any atom is 0.180 e. The van der Waals surface area contributed by atoms with Gasteiger partial charge in [0.15, 0.2) is 5.58 Å². The summed E-state index contributed by atoms with van der Waals surface area (Å²) < 4.78 is 204. The van der Waals surface area contributed by atoms with Crippen LogP contribution in [-0.2, 0) is 10.8 Å². The summed E-state index contributed by atoms with van der Waals surface area (Å²) in [6, 6.07) is -8.04. The van der Waals surface area contributed by atoms with E-state index in [0.29, 0.717) is 0 Å². The summed E-state index contributed by atoms with van der Waals surface area (Å²) in [5.74, 6) is 0. The van der Waals surface area contributed by atoms with Crippen molar-refractivity contribution >= 4 is 22.1 Å². The van der Waals surface area contributed by atoms with Crippen LogP contribution < -0.4 is 0 Å². The molecule has 0 saturated carbocycles.